The SMILES string of the molecule is Cc1nc2cc(Oc3ccc(Nc4ncnc5sc6c(c45)CCN(C(=O)CCCN(C)C)C6)cc3C)ccn2n1. The molecule has 0 fully saturated rings. The third kappa shape index (κ3) is 5.34. The summed E-state index contributed by atoms with van der Waals surface area (Å²) in [6.45, 7) is 6.17. The highest BCUT2D eigenvalue weighted by Crippen LogP contribution is 2.38. The Hall–Kier alpha value is -4.09. The molecule has 1 N–H and O–H groups in total. The fraction of sp³-hybridized carbons (Fsp3) is 0.345. The molecule has 0 atom stereocenters. The predicted molar refractivity (Wildman–Crippen MR) is 157 cm³/mol. The van der Waals surface area contributed by atoms with Crippen LogP contribution in [0.25, 0.3) is 15.9 Å². The Morgan fingerprint density at radius 2 is 2.05 bits per heavy atom. The number of hydrogen-bond donors (Lipinski definition) is 1. The second kappa shape index (κ2) is 10.8. The molecular formula is C29H32N8O2S. The standard InChI is InChI=1S/C29H32N8O2S/c1-18-14-20(7-8-23(18)39-21-9-13-37-25(15-21)32-19(2)34-37)33-28-27-22-10-12-36(26(38)6-5-11-35(3)4)16-24(22)40-29(27)31-17-30-28/h7-9,13-15,17H,5-6,10-12,16H2,1-4H3,(H,30,31,33). The van der Waals surface area contributed by atoms with Crippen molar-refractivity contribution in [3.05, 3.63) is 64.7 Å². The van der Waals surface area contributed by atoms with Crippen molar-refractivity contribution in [2.75, 3.05) is 32.5 Å². The molecule has 0 spiro atoms. The van der Waals surface area contributed by atoms with Crippen molar-refractivity contribution in [1.82, 2.24) is 34.4 Å². The van der Waals surface area contributed by atoms with Crippen LogP contribution in [0.2, 0.25) is 0 Å². The number of carbonyl (C=O) groups excluding carboxylic acids is 1. The number of aromatic nitrogens is 5. The molecule has 0 bridgehead atoms. The summed E-state index contributed by atoms with van der Waals surface area (Å²) in [6.07, 6.45) is 5.71. The Bertz CT molecular complexity index is 1710. The molecule has 40 heavy (non-hydrogen) atoms. The predicted octanol–water partition coefficient (Wildman–Crippen LogP) is 5.11. The molecule has 5 heterocycles. The van der Waals surface area contributed by atoms with E-state index in [0.29, 0.717) is 18.7 Å². The van der Waals surface area contributed by atoms with E-state index < -0.39 is 0 Å². The fourth-order valence-corrected chi connectivity index (χ4v) is 6.29. The Kier molecular flexibility index (Phi) is 7.07. The molecule has 1 amide bonds. The highest BCUT2D eigenvalue weighted by molar-refractivity contribution is 7.19. The zero-order chi connectivity index (χ0) is 27.8. The van der Waals surface area contributed by atoms with Crippen LogP contribution in [0.15, 0.2) is 42.9 Å². The van der Waals surface area contributed by atoms with E-state index in [9.17, 15) is 4.79 Å². The van der Waals surface area contributed by atoms with E-state index in [2.05, 4.69) is 36.3 Å². The van der Waals surface area contributed by atoms with E-state index >= 15 is 0 Å². The number of hydrogen-bond acceptors (Lipinski definition) is 9. The number of benzene rings is 1. The molecule has 6 rings (SSSR count). The van der Waals surface area contributed by atoms with Gasteiger partial charge in [-0.1, -0.05) is 0 Å². The lowest BCUT2D eigenvalue weighted by atomic mass is 10.0. The van der Waals surface area contributed by atoms with Crippen LogP contribution in [0, 0.1) is 13.8 Å². The summed E-state index contributed by atoms with van der Waals surface area (Å²) >= 11 is 1.66. The number of rotatable bonds is 8. The van der Waals surface area contributed by atoms with Crippen molar-refractivity contribution < 1.29 is 9.53 Å². The van der Waals surface area contributed by atoms with Gasteiger partial charge in [0.15, 0.2) is 5.65 Å². The number of carbonyl (C=O) groups is 1. The van der Waals surface area contributed by atoms with Gasteiger partial charge < -0.3 is 19.9 Å². The summed E-state index contributed by atoms with van der Waals surface area (Å²) in [5.41, 5.74) is 3.90. The van der Waals surface area contributed by atoms with Crippen LogP contribution >= 0.6 is 11.3 Å². The minimum Gasteiger partial charge on any atom is -0.457 e. The quantitative estimate of drug-likeness (QED) is 0.281. The molecule has 0 saturated heterocycles. The monoisotopic (exact) mass is 556 g/mol. The Morgan fingerprint density at radius 3 is 2.88 bits per heavy atom. The normalized spacial score (nSPS) is 13.3. The van der Waals surface area contributed by atoms with Crippen molar-refractivity contribution in [3.8, 4) is 11.5 Å². The second-order valence-corrected chi connectivity index (χ2v) is 11.5. The van der Waals surface area contributed by atoms with Crippen LogP contribution in [-0.4, -0.2) is 67.5 Å². The first-order chi connectivity index (χ1) is 19.3. The van der Waals surface area contributed by atoms with Gasteiger partial charge in [0.1, 0.15) is 34.3 Å². The molecule has 1 aliphatic heterocycles. The molecule has 5 aromatic rings. The smallest absolute Gasteiger partial charge is 0.222 e. The van der Waals surface area contributed by atoms with Gasteiger partial charge in [-0.05, 0) is 82.7 Å². The molecule has 0 aliphatic carbocycles. The topological polar surface area (TPSA) is 101 Å². The summed E-state index contributed by atoms with van der Waals surface area (Å²) in [7, 11) is 4.07. The van der Waals surface area contributed by atoms with Gasteiger partial charge in [-0.3, -0.25) is 4.79 Å². The van der Waals surface area contributed by atoms with Crippen LogP contribution in [0.1, 0.15) is 34.7 Å². The summed E-state index contributed by atoms with van der Waals surface area (Å²) < 4.78 is 7.89. The van der Waals surface area contributed by atoms with Gasteiger partial charge in [0.05, 0.1) is 11.9 Å². The number of fused-ring (bicyclic) bond motifs is 4. The van der Waals surface area contributed by atoms with Gasteiger partial charge in [-0.2, -0.15) is 5.10 Å². The Labute approximate surface area is 236 Å². The van der Waals surface area contributed by atoms with Crippen LogP contribution in [0.3, 0.4) is 0 Å². The molecule has 11 heteroatoms. The van der Waals surface area contributed by atoms with Gasteiger partial charge >= 0.3 is 0 Å². The molecule has 0 unspecified atom stereocenters. The van der Waals surface area contributed by atoms with E-state index in [1.807, 2.05) is 63.3 Å². The molecule has 0 saturated carbocycles. The van der Waals surface area contributed by atoms with Crippen molar-refractivity contribution in [2.45, 2.75) is 39.7 Å². The van der Waals surface area contributed by atoms with Crippen LogP contribution in [0.4, 0.5) is 11.5 Å². The summed E-state index contributed by atoms with van der Waals surface area (Å²) in [4.78, 5) is 32.6. The minimum atomic E-state index is 0.226. The van der Waals surface area contributed by atoms with Crippen molar-refractivity contribution >= 4 is 44.6 Å². The minimum absolute atomic E-state index is 0.226. The van der Waals surface area contributed by atoms with Crippen molar-refractivity contribution in [1.29, 1.82) is 0 Å². The van der Waals surface area contributed by atoms with Gasteiger partial charge in [-0.15, -0.1) is 11.3 Å². The number of pyridine rings is 1. The Morgan fingerprint density at radius 1 is 1.18 bits per heavy atom. The van der Waals surface area contributed by atoms with Crippen molar-refractivity contribution in [3.63, 3.8) is 0 Å². The molecule has 1 aromatic carbocycles. The number of nitrogens with zero attached hydrogens (tertiary/aromatic N) is 7. The van der Waals surface area contributed by atoms with Crippen LogP contribution < -0.4 is 10.1 Å². The van der Waals surface area contributed by atoms with Crippen LogP contribution in [-0.2, 0) is 17.8 Å². The maximum absolute atomic E-state index is 12.8. The number of nitrogens with one attached hydrogen (secondary N) is 1. The van der Waals surface area contributed by atoms with E-state index in [1.165, 1.54) is 10.4 Å². The van der Waals surface area contributed by atoms with Crippen molar-refractivity contribution in [2.24, 2.45) is 0 Å². The highest BCUT2D eigenvalue weighted by atomic mass is 32.1. The number of ether oxygens (including phenoxy) is 1. The van der Waals surface area contributed by atoms with E-state index in [4.69, 9.17) is 4.74 Å². The molecule has 4 aromatic heterocycles. The first kappa shape index (κ1) is 26.1. The van der Waals surface area contributed by atoms with E-state index in [-0.39, 0.29) is 5.91 Å². The Balaban J connectivity index is 1.18. The lowest BCUT2D eigenvalue weighted by Crippen LogP contribution is -2.35. The van der Waals surface area contributed by atoms with E-state index in [0.717, 1.165) is 70.4 Å². The lowest BCUT2D eigenvalue weighted by molar-refractivity contribution is -0.132. The van der Waals surface area contributed by atoms with Gasteiger partial charge in [0, 0.05) is 35.8 Å². The number of aryl methyl sites for hydroxylation is 2. The zero-order valence-electron chi connectivity index (χ0n) is 23.1. The number of thiophene rings is 1. The number of anilines is 2. The summed E-state index contributed by atoms with van der Waals surface area (Å²) in [5, 5.41) is 8.88. The average molecular weight is 557 g/mol. The molecule has 10 nitrogen and oxygen atoms in total. The second-order valence-electron chi connectivity index (χ2n) is 10.4. The molecular weight excluding hydrogens is 524 g/mol. The lowest BCUT2D eigenvalue weighted by Gasteiger charge is -2.27. The van der Waals surface area contributed by atoms with E-state index in [1.54, 1.807) is 22.2 Å². The van der Waals surface area contributed by atoms with Gasteiger partial charge in [0.25, 0.3) is 0 Å². The average Bonchev–Trinajstić information content (AvgIpc) is 3.49. The summed E-state index contributed by atoms with van der Waals surface area (Å²) in [5.74, 6) is 3.20. The maximum atomic E-state index is 12.8. The largest absolute Gasteiger partial charge is 0.457 e. The molecule has 1 aliphatic rings. The van der Waals surface area contributed by atoms with Gasteiger partial charge in [-0.25, -0.2) is 19.5 Å². The molecule has 0 radical (unpaired) electrons. The number of amides is 1. The maximum Gasteiger partial charge on any atom is 0.222 e. The summed E-state index contributed by atoms with van der Waals surface area (Å²) in [6, 6.07) is 9.75. The zero-order valence-corrected chi connectivity index (χ0v) is 24.0. The highest BCUT2D eigenvalue weighted by Gasteiger charge is 2.26. The first-order valence-electron chi connectivity index (χ1n) is 13.4. The van der Waals surface area contributed by atoms with Gasteiger partial charge in [0.2, 0.25) is 5.91 Å². The molecule has 206 valence electrons. The fourth-order valence-electron chi connectivity index (χ4n) is 5.08. The van der Waals surface area contributed by atoms with Crippen LogP contribution in [0.5, 0.6) is 11.5 Å². The third-order valence-corrected chi connectivity index (χ3v) is 8.19. The first-order valence-corrected chi connectivity index (χ1v) is 14.2. The third-order valence-electron chi connectivity index (χ3n) is 7.07.